The van der Waals surface area contributed by atoms with Gasteiger partial charge < -0.3 is 10.5 Å². The zero-order valence-corrected chi connectivity index (χ0v) is 8.53. The van der Waals surface area contributed by atoms with Crippen LogP contribution < -0.4 is 5.73 Å². The van der Waals surface area contributed by atoms with E-state index >= 15 is 0 Å². The lowest BCUT2D eigenvalue weighted by Crippen LogP contribution is -2.07. The molecular weight excluding hydrogens is 211 g/mol. The van der Waals surface area contributed by atoms with E-state index in [0.717, 1.165) is 0 Å². The molecule has 0 spiro atoms. The number of aromatic nitrogens is 1. The number of para-hydroxylation sites is 1. The van der Waals surface area contributed by atoms with Gasteiger partial charge in [-0.25, -0.2) is 9.18 Å². The number of benzene rings is 1. The van der Waals surface area contributed by atoms with Gasteiger partial charge in [0.2, 0.25) is 0 Å². The number of anilines is 1. The van der Waals surface area contributed by atoms with Crippen molar-refractivity contribution >= 4 is 22.6 Å². The zero-order valence-electron chi connectivity index (χ0n) is 8.53. The SMILES string of the molecule is COC(=O)c1c(N)cnc2c(F)cccc12. The highest BCUT2D eigenvalue weighted by atomic mass is 19.1. The second kappa shape index (κ2) is 3.77. The predicted octanol–water partition coefficient (Wildman–Crippen LogP) is 1.74. The van der Waals surface area contributed by atoms with E-state index in [1.807, 2.05) is 0 Å². The summed E-state index contributed by atoms with van der Waals surface area (Å²) >= 11 is 0. The normalized spacial score (nSPS) is 10.4. The molecule has 0 unspecified atom stereocenters. The highest BCUT2D eigenvalue weighted by Crippen LogP contribution is 2.24. The van der Waals surface area contributed by atoms with Gasteiger partial charge in [-0.05, 0) is 6.07 Å². The summed E-state index contributed by atoms with van der Waals surface area (Å²) < 4.78 is 18.0. The molecule has 0 amide bonds. The van der Waals surface area contributed by atoms with Gasteiger partial charge in [-0.3, -0.25) is 4.98 Å². The molecule has 2 N–H and O–H groups in total. The van der Waals surface area contributed by atoms with Gasteiger partial charge in [0.05, 0.1) is 24.6 Å². The highest BCUT2D eigenvalue weighted by Gasteiger charge is 2.16. The molecule has 1 aromatic heterocycles. The summed E-state index contributed by atoms with van der Waals surface area (Å²) in [5.41, 5.74) is 6.05. The number of nitrogen functional groups attached to an aromatic ring is 1. The summed E-state index contributed by atoms with van der Waals surface area (Å²) in [6, 6.07) is 4.34. The number of pyridine rings is 1. The number of halogens is 1. The van der Waals surface area contributed by atoms with Crippen molar-refractivity contribution in [2.45, 2.75) is 0 Å². The molecule has 82 valence electrons. The minimum atomic E-state index is -0.601. The Kier molecular flexibility index (Phi) is 2.44. The smallest absolute Gasteiger partial charge is 0.340 e. The first-order valence-electron chi connectivity index (χ1n) is 4.56. The molecule has 0 atom stereocenters. The van der Waals surface area contributed by atoms with E-state index in [1.54, 1.807) is 6.07 Å². The average Bonchev–Trinajstić information content (AvgIpc) is 2.28. The van der Waals surface area contributed by atoms with Crippen LogP contribution in [-0.4, -0.2) is 18.1 Å². The van der Waals surface area contributed by atoms with E-state index < -0.39 is 11.8 Å². The first-order valence-corrected chi connectivity index (χ1v) is 4.56. The van der Waals surface area contributed by atoms with Gasteiger partial charge in [-0.15, -0.1) is 0 Å². The van der Waals surface area contributed by atoms with E-state index in [-0.39, 0.29) is 16.8 Å². The zero-order chi connectivity index (χ0) is 11.7. The standard InChI is InChI=1S/C11H9FN2O2/c1-16-11(15)9-6-3-2-4-7(12)10(6)14-5-8(9)13/h2-5H,13H2,1H3. The maximum Gasteiger partial charge on any atom is 0.340 e. The fraction of sp³-hybridized carbons (Fsp3) is 0.0909. The number of rotatable bonds is 1. The molecule has 16 heavy (non-hydrogen) atoms. The molecular formula is C11H9FN2O2. The maximum atomic E-state index is 13.4. The average molecular weight is 220 g/mol. The molecule has 0 radical (unpaired) electrons. The van der Waals surface area contributed by atoms with Crippen LogP contribution in [0.25, 0.3) is 10.9 Å². The molecule has 4 nitrogen and oxygen atoms in total. The van der Waals surface area contributed by atoms with Crippen LogP contribution in [0.3, 0.4) is 0 Å². The van der Waals surface area contributed by atoms with Gasteiger partial charge in [0, 0.05) is 5.39 Å². The lowest BCUT2D eigenvalue weighted by atomic mass is 10.1. The number of hydrogen-bond acceptors (Lipinski definition) is 4. The Bertz CT molecular complexity index is 569. The van der Waals surface area contributed by atoms with Gasteiger partial charge in [0.15, 0.2) is 0 Å². The minimum Gasteiger partial charge on any atom is -0.465 e. The molecule has 0 aliphatic rings. The highest BCUT2D eigenvalue weighted by molar-refractivity contribution is 6.07. The minimum absolute atomic E-state index is 0.108. The van der Waals surface area contributed by atoms with Crippen LogP contribution in [0.5, 0.6) is 0 Å². The summed E-state index contributed by atoms with van der Waals surface area (Å²) in [4.78, 5) is 15.4. The van der Waals surface area contributed by atoms with Crippen molar-refractivity contribution in [2.24, 2.45) is 0 Å². The Labute approximate surface area is 90.8 Å². The van der Waals surface area contributed by atoms with E-state index in [1.165, 1.54) is 25.4 Å². The lowest BCUT2D eigenvalue weighted by molar-refractivity contribution is 0.0604. The van der Waals surface area contributed by atoms with Crippen molar-refractivity contribution in [1.82, 2.24) is 4.98 Å². The van der Waals surface area contributed by atoms with Crippen molar-refractivity contribution in [1.29, 1.82) is 0 Å². The monoisotopic (exact) mass is 220 g/mol. The van der Waals surface area contributed by atoms with E-state index in [9.17, 15) is 9.18 Å². The van der Waals surface area contributed by atoms with Gasteiger partial charge in [-0.2, -0.15) is 0 Å². The molecule has 0 aliphatic carbocycles. The quantitative estimate of drug-likeness (QED) is 0.743. The summed E-state index contributed by atoms with van der Waals surface area (Å²) in [5, 5.41) is 0.354. The molecule has 0 saturated heterocycles. The first kappa shape index (κ1) is 10.4. The third-order valence-corrected chi connectivity index (χ3v) is 2.27. The van der Waals surface area contributed by atoms with Gasteiger partial charge >= 0.3 is 5.97 Å². The van der Waals surface area contributed by atoms with E-state index in [4.69, 9.17) is 5.73 Å². The van der Waals surface area contributed by atoms with Crippen molar-refractivity contribution in [3.05, 3.63) is 35.8 Å². The molecule has 0 aliphatic heterocycles. The third-order valence-electron chi connectivity index (χ3n) is 2.27. The number of carbonyl (C=O) groups excluding carboxylic acids is 1. The fourth-order valence-corrected chi connectivity index (χ4v) is 1.53. The van der Waals surface area contributed by atoms with Crippen LogP contribution in [0.15, 0.2) is 24.4 Å². The number of esters is 1. The third kappa shape index (κ3) is 1.46. The molecule has 0 fully saturated rings. The molecule has 0 saturated carbocycles. The van der Waals surface area contributed by atoms with Gasteiger partial charge in [0.25, 0.3) is 0 Å². The predicted molar refractivity (Wildman–Crippen MR) is 57.5 cm³/mol. The number of nitrogens with two attached hydrogens (primary N) is 1. The molecule has 1 aromatic carbocycles. The largest absolute Gasteiger partial charge is 0.465 e. The maximum absolute atomic E-state index is 13.4. The molecule has 5 heteroatoms. The molecule has 1 heterocycles. The Morgan fingerprint density at radius 2 is 2.25 bits per heavy atom. The molecule has 2 aromatic rings. The Morgan fingerprint density at radius 1 is 1.50 bits per heavy atom. The van der Waals surface area contributed by atoms with Crippen LogP contribution >= 0.6 is 0 Å². The molecule has 0 bridgehead atoms. The summed E-state index contributed by atoms with van der Waals surface area (Å²) in [6.07, 6.45) is 1.25. The Morgan fingerprint density at radius 3 is 2.94 bits per heavy atom. The second-order valence-electron chi connectivity index (χ2n) is 3.22. The Balaban J connectivity index is 2.85. The van der Waals surface area contributed by atoms with E-state index in [2.05, 4.69) is 9.72 Å². The van der Waals surface area contributed by atoms with Crippen LogP contribution in [0, 0.1) is 5.82 Å². The van der Waals surface area contributed by atoms with E-state index in [0.29, 0.717) is 5.39 Å². The van der Waals surface area contributed by atoms with Crippen molar-refractivity contribution in [3.8, 4) is 0 Å². The second-order valence-corrected chi connectivity index (χ2v) is 3.22. The Hall–Kier alpha value is -2.17. The van der Waals surface area contributed by atoms with Crippen LogP contribution in [0.1, 0.15) is 10.4 Å². The summed E-state index contributed by atoms with van der Waals surface area (Å²) in [7, 11) is 1.24. The van der Waals surface area contributed by atoms with Crippen LogP contribution in [-0.2, 0) is 4.74 Å². The van der Waals surface area contributed by atoms with Crippen LogP contribution in [0.4, 0.5) is 10.1 Å². The van der Waals surface area contributed by atoms with Crippen molar-refractivity contribution < 1.29 is 13.9 Å². The summed E-state index contributed by atoms with van der Waals surface area (Å²) in [6.45, 7) is 0. The number of hydrogen-bond donors (Lipinski definition) is 1. The first-order chi connectivity index (χ1) is 7.65. The fourth-order valence-electron chi connectivity index (χ4n) is 1.53. The number of nitrogens with zero attached hydrogens (tertiary/aromatic N) is 1. The number of carbonyl (C=O) groups is 1. The van der Waals surface area contributed by atoms with Crippen LogP contribution in [0.2, 0.25) is 0 Å². The lowest BCUT2D eigenvalue weighted by Gasteiger charge is -2.07. The topological polar surface area (TPSA) is 65.2 Å². The number of ether oxygens (including phenoxy) is 1. The summed E-state index contributed by atoms with van der Waals surface area (Å²) in [5.74, 6) is -1.10. The number of methoxy groups -OCH3 is 1. The number of fused-ring (bicyclic) bond motifs is 1. The van der Waals surface area contributed by atoms with Gasteiger partial charge in [0.1, 0.15) is 11.3 Å². The van der Waals surface area contributed by atoms with Crippen molar-refractivity contribution in [3.63, 3.8) is 0 Å². The molecule has 2 rings (SSSR count). The van der Waals surface area contributed by atoms with Crippen molar-refractivity contribution in [2.75, 3.05) is 12.8 Å². The van der Waals surface area contributed by atoms with Gasteiger partial charge in [-0.1, -0.05) is 12.1 Å².